The van der Waals surface area contributed by atoms with Crippen molar-refractivity contribution >= 4 is 31.7 Å². The zero-order valence-corrected chi connectivity index (χ0v) is 20.0. The lowest BCUT2D eigenvalue weighted by atomic mass is 9.99. The van der Waals surface area contributed by atoms with Crippen molar-refractivity contribution in [2.24, 2.45) is 0 Å². The molecule has 1 atom stereocenters. The molecule has 0 fully saturated rings. The molecule has 170 valence electrons. The fourth-order valence-electron chi connectivity index (χ4n) is 3.08. The van der Waals surface area contributed by atoms with Gasteiger partial charge in [-0.15, -0.1) is 0 Å². The van der Waals surface area contributed by atoms with Crippen LogP contribution in [0, 0.1) is 13.8 Å². The summed E-state index contributed by atoms with van der Waals surface area (Å²) < 4.78 is 55.4. The Balaban J connectivity index is 1.76. The second kappa shape index (κ2) is 9.25. The van der Waals surface area contributed by atoms with E-state index in [1.54, 1.807) is 44.2 Å². The molecule has 0 saturated heterocycles. The third-order valence-corrected chi connectivity index (χ3v) is 7.74. The van der Waals surface area contributed by atoms with Gasteiger partial charge in [0.25, 0.3) is 20.0 Å². The molecule has 8 nitrogen and oxygen atoms in total. The van der Waals surface area contributed by atoms with Crippen LogP contribution in [0.3, 0.4) is 0 Å². The van der Waals surface area contributed by atoms with E-state index in [-0.39, 0.29) is 21.4 Å². The molecule has 1 aromatic heterocycles. The highest BCUT2D eigenvalue weighted by atomic mass is 32.2. The maximum absolute atomic E-state index is 12.7. The van der Waals surface area contributed by atoms with Gasteiger partial charge in [-0.05, 0) is 74.2 Å². The van der Waals surface area contributed by atoms with E-state index in [0.29, 0.717) is 17.3 Å². The van der Waals surface area contributed by atoms with Gasteiger partial charge in [0.1, 0.15) is 0 Å². The topological polar surface area (TPSA) is 118 Å². The van der Waals surface area contributed by atoms with Crippen LogP contribution in [-0.4, -0.2) is 26.8 Å². The fourth-order valence-corrected chi connectivity index (χ4v) is 5.08. The largest absolute Gasteiger partial charge is 0.280 e. The molecule has 3 rings (SSSR count). The summed E-state index contributed by atoms with van der Waals surface area (Å²) in [6.07, 6.45) is 0.962. The van der Waals surface area contributed by atoms with Crippen LogP contribution < -0.4 is 9.44 Å². The Bertz CT molecular complexity index is 1280. The minimum absolute atomic E-state index is 0.0203. The SMILES string of the molecule is CCC(C)c1ccc(S(=O)(=O)Nc2ccc(S(=O)(=O)Nc3nc(C)cc(C)n3)cc2)cc1. The van der Waals surface area contributed by atoms with Gasteiger partial charge in [-0.2, -0.15) is 0 Å². The monoisotopic (exact) mass is 474 g/mol. The highest BCUT2D eigenvalue weighted by Crippen LogP contribution is 2.23. The third-order valence-electron chi connectivity index (χ3n) is 5.00. The van der Waals surface area contributed by atoms with Crippen LogP contribution in [0.25, 0.3) is 0 Å². The first-order chi connectivity index (χ1) is 15.0. The van der Waals surface area contributed by atoms with Crippen molar-refractivity contribution in [3.8, 4) is 0 Å². The summed E-state index contributed by atoms with van der Waals surface area (Å²) in [5.74, 6) is 0.324. The lowest BCUT2D eigenvalue weighted by Crippen LogP contribution is -2.16. The molecule has 32 heavy (non-hydrogen) atoms. The molecular formula is C22H26N4O4S2. The minimum atomic E-state index is -3.93. The Kier molecular flexibility index (Phi) is 6.85. The van der Waals surface area contributed by atoms with Crippen LogP contribution in [-0.2, 0) is 20.0 Å². The zero-order valence-electron chi connectivity index (χ0n) is 18.3. The summed E-state index contributed by atoms with van der Waals surface area (Å²) in [5.41, 5.74) is 2.59. The van der Waals surface area contributed by atoms with Gasteiger partial charge >= 0.3 is 0 Å². The molecule has 10 heteroatoms. The fraction of sp³-hybridized carbons (Fsp3) is 0.273. The average molecular weight is 475 g/mol. The van der Waals surface area contributed by atoms with E-state index in [2.05, 4.69) is 33.3 Å². The van der Waals surface area contributed by atoms with E-state index in [9.17, 15) is 16.8 Å². The molecule has 2 aromatic carbocycles. The Morgan fingerprint density at radius 3 is 1.75 bits per heavy atom. The molecule has 0 radical (unpaired) electrons. The van der Waals surface area contributed by atoms with Crippen molar-refractivity contribution in [2.75, 3.05) is 9.44 Å². The first-order valence-electron chi connectivity index (χ1n) is 10.1. The van der Waals surface area contributed by atoms with Crippen LogP contribution in [0.1, 0.15) is 43.1 Å². The minimum Gasteiger partial charge on any atom is -0.280 e. The number of hydrogen-bond donors (Lipinski definition) is 2. The molecule has 0 aliphatic rings. The van der Waals surface area contributed by atoms with Crippen molar-refractivity contribution in [1.29, 1.82) is 0 Å². The summed E-state index contributed by atoms with van der Waals surface area (Å²) in [6.45, 7) is 7.64. The van der Waals surface area contributed by atoms with E-state index < -0.39 is 20.0 Å². The van der Waals surface area contributed by atoms with Gasteiger partial charge in [0.2, 0.25) is 5.95 Å². The second-order valence-corrected chi connectivity index (χ2v) is 11.0. The number of anilines is 2. The summed E-state index contributed by atoms with van der Waals surface area (Å²) in [4.78, 5) is 8.24. The number of nitrogens with one attached hydrogen (secondary N) is 2. The van der Waals surface area contributed by atoms with Gasteiger partial charge in [0.15, 0.2) is 0 Å². The first-order valence-corrected chi connectivity index (χ1v) is 13.0. The molecule has 0 spiro atoms. The first kappa shape index (κ1) is 23.7. The molecule has 0 aliphatic carbocycles. The van der Waals surface area contributed by atoms with Gasteiger partial charge in [-0.1, -0.05) is 26.0 Å². The molecule has 0 bridgehead atoms. The molecule has 3 aromatic rings. The molecule has 0 aliphatic heterocycles. The predicted molar refractivity (Wildman–Crippen MR) is 125 cm³/mol. The predicted octanol–water partition coefficient (Wildman–Crippen LogP) is 4.21. The zero-order chi connectivity index (χ0) is 23.5. The highest BCUT2D eigenvalue weighted by Gasteiger charge is 2.18. The Labute approximate surface area is 189 Å². The van der Waals surface area contributed by atoms with Gasteiger partial charge in [0.05, 0.1) is 9.79 Å². The third kappa shape index (κ3) is 5.63. The molecular weight excluding hydrogens is 448 g/mol. The van der Waals surface area contributed by atoms with E-state index in [4.69, 9.17) is 0 Å². The molecule has 1 unspecified atom stereocenters. The number of aromatic nitrogens is 2. The summed E-state index contributed by atoms with van der Waals surface area (Å²) >= 11 is 0. The van der Waals surface area contributed by atoms with E-state index in [1.165, 1.54) is 24.3 Å². The average Bonchev–Trinajstić information content (AvgIpc) is 2.72. The van der Waals surface area contributed by atoms with E-state index in [1.807, 2.05) is 0 Å². The summed E-state index contributed by atoms with van der Waals surface area (Å²) in [6, 6.07) is 13.9. The van der Waals surface area contributed by atoms with E-state index in [0.717, 1.165) is 12.0 Å². The smallest absolute Gasteiger partial charge is 0.264 e. The van der Waals surface area contributed by atoms with Gasteiger partial charge in [-0.25, -0.2) is 31.5 Å². The second-order valence-electron chi connectivity index (χ2n) is 7.59. The van der Waals surface area contributed by atoms with Crippen LogP contribution in [0.15, 0.2) is 64.4 Å². The van der Waals surface area contributed by atoms with Crippen LogP contribution in [0.5, 0.6) is 0 Å². The Morgan fingerprint density at radius 2 is 1.25 bits per heavy atom. The normalized spacial score (nSPS) is 12.9. The quantitative estimate of drug-likeness (QED) is 0.505. The number of rotatable bonds is 8. The van der Waals surface area contributed by atoms with Crippen molar-refractivity contribution in [2.45, 2.75) is 49.8 Å². The lowest BCUT2D eigenvalue weighted by Gasteiger charge is -2.12. The number of aryl methyl sites for hydroxylation is 2. The van der Waals surface area contributed by atoms with Gasteiger partial charge in [0, 0.05) is 17.1 Å². The highest BCUT2D eigenvalue weighted by molar-refractivity contribution is 7.93. The van der Waals surface area contributed by atoms with Crippen LogP contribution in [0.4, 0.5) is 11.6 Å². The molecule has 1 heterocycles. The number of sulfonamides is 2. The number of hydrogen-bond acceptors (Lipinski definition) is 6. The van der Waals surface area contributed by atoms with Gasteiger partial charge < -0.3 is 0 Å². The Morgan fingerprint density at radius 1 is 0.781 bits per heavy atom. The standard InChI is InChI=1S/C22H26N4O4S2/c1-5-15(2)18-6-10-20(11-7-18)31(27,28)25-19-8-12-21(13-9-19)32(29,30)26-22-23-16(3)14-17(4)24-22/h6-15,25H,5H2,1-4H3,(H,23,24,26). The summed E-state index contributed by atoms with van der Waals surface area (Å²) in [7, 11) is -7.73. The van der Waals surface area contributed by atoms with Crippen molar-refractivity contribution in [3.05, 3.63) is 71.5 Å². The maximum atomic E-state index is 12.7. The molecule has 0 amide bonds. The van der Waals surface area contributed by atoms with Crippen LogP contribution in [0.2, 0.25) is 0 Å². The van der Waals surface area contributed by atoms with Crippen molar-refractivity contribution in [3.63, 3.8) is 0 Å². The van der Waals surface area contributed by atoms with Gasteiger partial charge in [-0.3, -0.25) is 4.72 Å². The summed E-state index contributed by atoms with van der Waals surface area (Å²) in [5, 5.41) is 0. The lowest BCUT2D eigenvalue weighted by molar-refractivity contribution is 0.599. The molecule has 2 N–H and O–H groups in total. The number of nitrogens with zero attached hydrogens (tertiary/aromatic N) is 2. The van der Waals surface area contributed by atoms with E-state index >= 15 is 0 Å². The maximum Gasteiger partial charge on any atom is 0.264 e. The van der Waals surface area contributed by atoms with Crippen molar-refractivity contribution < 1.29 is 16.8 Å². The molecule has 0 saturated carbocycles. The van der Waals surface area contributed by atoms with Crippen molar-refractivity contribution in [1.82, 2.24) is 9.97 Å². The van der Waals surface area contributed by atoms with Crippen LogP contribution >= 0.6 is 0 Å². The number of benzene rings is 2. The Hall–Kier alpha value is -2.98.